The normalized spacial score (nSPS) is 13.9. The third kappa shape index (κ3) is 5.87. The van der Waals surface area contributed by atoms with E-state index < -0.39 is 5.09 Å². The van der Waals surface area contributed by atoms with Crippen molar-refractivity contribution in [3.8, 4) is 0 Å². The van der Waals surface area contributed by atoms with Crippen LogP contribution in [-0.2, 0) is 4.74 Å². The van der Waals surface area contributed by atoms with Crippen LogP contribution >= 0.6 is 0 Å². The second-order valence-electron chi connectivity index (χ2n) is 3.89. The molecule has 0 spiro atoms. The average molecular weight is 283 g/mol. The molecule has 2 rings (SSSR count). The molecule has 9 nitrogen and oxygen atoms in total. The van der Waals surface area contributed by atoms with Crippen LogP contribution in [0.3, 0.4) is 0 Å². The number of nitrogens with two attached hydrogens (primary N) is 2. The molecule has 0 unspecified atom stereocenters. The van der Waals surface area contributed by atoms with Crippen molar-refractivity contribution in [3.05, 3.63) is 34.4 Å². The van der Waals surface area contributed by atoms with Gasteiger partial charge in [-0.1, -0.05) is 6.07 Å². The molecule has 0 aromatic heterocycles. The van der Waals surface area contributed by atoms with E-state index in [1.54, 1.807) is 0 Å². The summed E-state index contributed by atoms with van der Waals surface area (Å²) in [5.41, 5.74) is 12.6. The van der Waals surface area contributed by atoms with Gasteiger partial charge in [-0.25, -0.2) is 4.99 Å². The molecule has 0 bridgehead atoms. The van der Waals surface area contributed by atoms with Crippen LogP contribution in [0.15, 0.2) is 29.3 Å². The summed E-state index contributed by atoms with van der Waals surface area (Å²) in [5, 5.41) is 13.6. The van der Waals surface area contributed by atoms with Crippen LogP contribution in [0.1, 0.15) is 0 Å². The monoisotopic (exact) mass is 283 g/mol. The first-order valence-corrected chi connectivity index (χ1v) is 5.84. The molecule has 0 amide bonds. The largest absolute Gasteiger partial charge is 0.378 e. The number of hydrogen-bond donors (Lipinski definition) is 3. The number of nitrogens with zero attached hydrogens (tertiary/aromatic N) is 3. The molecule has 0 aliphatic carbocycles. The third-order valence-corrected chi connectivity index (χ3v) is 2.46. The fourth-order valence-corrected chi connectivity index (χ4v) is 1.73. The molecule has 0 radical (unpaired) electrons. The fourth-order valence-electron chi connectivity index (χ4n) is 1.73. The van der Waals surface area contributed by atoms with Gasteiger partial charge < -0.3 is 26.3 Å². The summed E-state index contributed by atoms with van der Waals surface area (Å²) in [5.74, 6) is 0.0825. The molecule has 110 valence electrons. The Bertz CT molecular complexity index is 466. The smallest absolute Gasteiger partial charge is 0.291 e. The van der Waals surface area contributed by atoms with Gasteiger partial charge in [-0.2, -0.15) is 0 Å². The molecule has 20 heavy (non-hydrogen) atoms. The summed E-state index contributed by atoms with van der Waals surface area (Å²) < 4.78 is 5.31. The van der Waals surface area contributed by atoms with Crippen molar-refractivity contribution in [2.45, 2.75) is 0 Å². The van der Waals surface area contributed by atoms with Gasteiger partial charge in [0.15, 0.2) is 5.96 Å². The predicted octanol–water partition coefficient (Wildman–Crippen LogP) is 0.0804. The maximum Gasteiger partial charge on any atom is 0.291 e. The Morgan fingerprint density at radius 1 is 1.40 bits per heavy atom. The minimum Gasteiger partial charge on any atom is -0.378 e. The topological polar surface area (TPSA) is 140 Å². The van der Waals surface area contributed by atoms with E-state index in [1.807, 2.05) is 18.2 Å². The van der Waals surface area contributed by atoms with Crippen molar-refractivity contribution >= 4 is 17.3 Å². The van der Waals surface area contributed by atoms with Gasteiger partial charge in [-0.15, -0.1) is 10.1 Å². The first kappa shape index (κ1) is 15.5. The van der Waals surface area contributed by atoms with Gasteiger partial charge in [0, 0.05) is 18.8 Å². The van der Waals surface area contributed by atoms with Gasteiger partial charge in [0.25, 0.3) is 5.09 Å². The molecule has 1 fully saturated rings. The quantitative estimate of drug-likeness (QED) is 0.302. The maximum absolute atomic E-state index is 8.36. The lowest BCUT2D eigenvalue weighted by atomic mass is 10.2. The Kier molecular flexibility index (Phi) is 6.04. The summed E-state index contributed by atoms with van der Waals surface area (Å²) in [6, 6.07) is 7.86. The number of morpholine rings is 1. The van der Waals surface area contributed by atoms with E-state index in [0.29, 0.717) is 0 Å². The molecule has 1 aliphatic heterocycles. The van der Waals surface area contributed by atoms with Crippen molar-refractivity contribution in [1.29, 1.82) is 0 Å². The Morgan fingerprint density at radius 3 is 2.55 bits per heavy atom. The zero-order chi connectivity index (χ0) is 15.0. The van der Waals surface area contributed by atoms with E-state index in [-0.39, 0.29) is 5.96 Å². The van der Waals surface area contributed by atoms with E-state index in [1.165, 1.54) is 0 Å². The molecular weight excluding hydrogens is 266 g/mol. The Hall–Kier alpha value is -2.55. The van der Waals surface area contributed by atoms with E-state index in [4.69, 9.17) is 31.5 Å². The molecule has 1 saturated heterocycles. The standard InChI is InChI=1S/C11H16N4O.HNO3/c12-11(13)14-9-2-1-3-10(8-9)15-4-6-16-7-5-15;2-1(3)4/h1-3,8H,4-7H2,(H4,12,13,14);(H,2,3,4). The minimum absolute atomic E-state index is 0.0825. The Labute approximate surface area is 115 Å². The van der Waals surface area contributed by atoms with Crippen LogP contribution in [0.25, 0.3) is 0 Å². The van der Waals surface area contributed by atoms with E-state index in [9.17, 15) is 0 Å². The number of ether oxygens (including phenoxy) is 1. The van der Waals surface area contributed by atoms with Gasteiger partial charge in [-0.05, 0) is 18.2 Å². The van der Waals surface area contributed by atoms with Crippen LogP contribution in [0.4, 0.5) is 11.4 Å². The molecule has 0 atom stereocenters. The first-order valence-electron chi connectivity index (χ1n) is 5.84. The van der Waals surface area contributed by atoms with E-state index in [2.05, 4.69) is 16.0 Å². The highest BCUT2D eigenvalue weighted by Gasteiger charge is 2.10. The third-order valence-electron chi connectivity index (χ3n) is 2.46. The Balaban J connectivity index is 0.000000444. The van der Waals surface area contributed by atoms with Crippen LogP contribution in [0, 0.1) is 10.1 Å². The molecule has 1 aromatic carbocycles. The lowest BCUT2D eigenvalue weighted by Crippen LogP contribution is -2.36. The SMILES string of the molecule is NC(N)=Nc1cccc(N2CCOCC2)c1.O=[N+]([O-])O. The van der Waals surface area contributed by atoms with Gasteiger partial charge in [0.05, 0.1) is 18.9 Å². The van der Waals surface area contributed by atoms with Gasteiger partial charge in [0.1, 0.15) is 0 Å². The van der Waals surface area contributed by atoms with Crippen molar-refractivity contribution in [2.24, 2.45) is 16.5 Å². The number of benzene rings is 1. The van der Waals surface area contributed by atoms with Gasteiger partial charge in [-0.3, -0.25) is 0 Å². The number of anilines is 1. The van der Waals surface area contributed by atoms with Crippen molar-refractivity contribution in [1.82, 2.24) is 0 Å². The molecule has 1 aromatic rings. The van der Waals surface area contributed by atoms with Crippen LogP contribution in [0.5, 0.6) is 0 Å². The highest BCUT2D eigenvalue weighted by Crippen LogP contribution is 2.22. The average Bonchev–Trinajstić information content (AvgIpc) is 2.39. The summed E-state index contributed by atoms with van der Waals surface area (Å²) in [4.78, 5) is 14.6. The Morgan fingerprint density at radius 2 is 2.00 bits per heavy atom. The molecule has 5 N–H and O–H groups in total. The van der Waals surface area contributed by atoms with Crippen LogP contribution < -0.4 is 16.4 Å². The minimum atomic E-state index is -1.50. The zero-order valence-electron chi connectivity index (χ0n) is 10.8. The summed E-state index contributed by atoms with van der Waals surface area (Å²) in [6.45, 7) is 3.36. The summed E-state index contributed by atoms with van der Waals surface area (Å²) in [6.07, 6.45) is 0. The predicted molar refractivity (Wildman–Crippen MR) is 73.7 cm³/mol. The molecule has 9 heteroatoms. The summed E-state index contributed by atoms with van der Waals surface area (Å²) in [7, 11) is 0. The lowest BCUT2D eigenvalue weighted by Gasteiger charge is -2.28. The highest BCUT2D eigenvalue weighted by atomic mass is 16.9. The molecule has 0 saturated carbocycles. The molecule has 1 aliphatic rings. The second kappa shape index (κ2) is 7.79. The van der Waals surface area contributed by atoms with E-state index in [0.717, 1.165) is 37.7 Å². The highest BCUT2D eigenvalue weighted by molar-refractivity contribution is 5.79. The van der Waals surface area contributed by atoms with Crippen molar-refractivity contribution in [3.63, 3.8) is 0 Å². The second-order valence-corrected chi connectivity index (χ2v) is 3.89. The van der Waals surface area contributed by atoms with Crippen LogP contribution in [0.2, 0.25) is 0 Å². The number of aliphatic imine (C=N–C) groups is 1. The molecular formula is C11H17N5O4. The van der Waals surface area contributed by atoms with Crippen molar-refractivity contribution < 1.29 is 15.0 Å². The van der Waals surface area contributed by atoms with Gasteiger partial charge in [0.2, 0.25) is 0 Å². The summed E-state index contributed by atoms with van der Waals surface area (Å²) >= 11 is 0. The number of guanidine groups is 1. The van der Waals surface area contributed by atoms with Crippen molar-refractivity contribution in [2.75, 3.05) is 31.2 Å². The first-order chi connectivity index (χ1) is 9.49. The maximum atomic E-state index is 8.36. The van der Waals surface area contributed by atoms with Gasteiger partial charge >= 0.3 is 0 Å². The number of rotatable bonds is 2. The number of hydrogen-bond acceptors (Lipinski definition) is 5. The lowest BCUT2D eigenvalue weighted by molar-refractivity contribution is -0.742. The fraction of sp³-hybridized carbons (Fsp3) is 0.364. The zero-order valence-corrected chi connectivity index (χ0v) is 10.8. The molecule has 1 heterocycles. The van der Waals surface area contributed by atoms with E-state index >= 15 is 0 Å². The van der Waals surface area contributed by atoms with Crippen LogP contribution in [-0.4, -0.2) is 42.6 Å².